The molecular formula is C16H20ClFN2O. The maximum absolute atomic E-state index is 13.9. The van der Waals surface area contributed by atoms with Crippen molar-refractivity contribution in [1.29, 1.82) is 0 Å². The van der Waals surface area contributed by atoms with Crippen molar-refractivity contribution in [3.05, 3.63) is 23.8 Å². The molecule has 0 bridgehead atoms. The molecule has 1 unspecified atom stereocenters. The third kappa shape index (κ3) is 2.61. The first-order valence-corrected chi connectivity index (χ1v) is 7.95. The van der Waals surface area contributed by atoms with Crippen LogP contribution in [0.5, 0.6) is 5.75 Å². The summed E-state index contributed by atoms with van der Waals surface area (Å²) >= 11 is 6.30. The van der Waals surface area contributed by atoms with Crippen LogP contribution in [0.3, 0.4) is 0 Å². The normalized spacial score (nSPS) is 18.1. The van der Waals surface area contributed by atoms with E-state index in [0.29, 0.717) is 11.6 Å². The first-order chi connectivity index (χ1) is 10.1. The average Bonchev–Trinajstić information content (AvgIpc) is 2.85. The lowest BCUT2D eigenvalue weighted by molar-refractivity contribution is 0.351. The minimum absolute atomic E-state index is 0.201. The molecule has 1 aromatic carbocycles. The third-order valence-corrected chi connectivity index (χ3v) is 4.48. The smallest absolute Gasteiger partial charge is 0.167 e. The number of imidazole rings is 1. The van der Waals surface area contributed by atoms with Crippen LogP contribution in [0, 0.1) is 5.82 Å². The van der Waals surface area contributed by atoms with Crippen LogP contribution >= 0.6 is 11.6 Å². The monoisotopic (exact) mass is 310 g/mol. The van der Waals surface area contributed by atoms with Crippen molar-refractivity contribution in [3.8, 4) is 5.75 Å². The second kappa shape index (κ2) is 5.84. The minimum atomic E-state index is -0.382. The van der Waals surface area contributed by atoms with E-state index in [9.17, 15) is 4.39 Å². The van der Waals surface area contributed by atoms with Crippen molar-refractivity contribution in [1.82, 2.24) is 9.55 Å². The fraction of sp³-hybridized carbons (Fsp3) is 0.562. The minimum Gasteiger partial charge on any atom is -0.494 e. The van der Waals surface area contributed by atoms with E-state index in [1.807, 2.05) is 6.92 Å². The molecule has 1 saturated carbocycles. The number of nitrogens with zero attached hydrogens (tertiary/aromatic N) is 2. The average molecular weight is 311 g/mol. The van der Waals surface area contributed by atoms with Gasteiger partial charge >= 0.3 is 0 Å². The van der Waals surface area contributed by atoms with Gasteiger partial charge in [0.2, 0.25) is 0 Å². The Hall–Kier alpha value is -1.29. The topological polar surface area (TPSA) is 27.1 Å². The van der Waals surface area contributed by atoms with Crippen molar-refractivity contribution in [2.24, 2.45) is 0 Å². The highest BCUT2D eigenvalue weighted by Crippen LogP contribution is 2.37. The highest BCUT2D eigenvalue weighted by atomic mass is 35.5. The van der Waals surface area contributed by atoms with Crippen LogP contribution in [0.1, 0.15) is 56.3 Å². The largest absolute Gasteiger partial charge is 0.494 e. The molecule has 1 fully saturated rings. The molecule has 3 nitrogen and oxygen atoms in total. The summed E-state index contributed by atoms with van der Waals surface area (Å²) in [5, 5.41) is -0.201. The summed E-state index contributed by atoms with van der Waals surface area (Å²) in [6, 6.07) is 3.58. The number of alkyl halides is 1. The molecule has 1 aliphatic rings. The molecular weight excluding hydrogens is 291 g/mol. The Morgan fingerprint density at radius 1 is 1.33 bits per heavy atom. The molecule has 3 rings (SSSR count). The van der Waals surface area contributed by atoms with E-state index in [4.69, 9.17) is 16.3 Å². The quantitative estimate of drug-likeness (QED) is 0.747. The molecule has 1 atom stereocenters. The first-order valence-electron chi connectivity index (χ1n) is 7.51. The zero-order valence-corrected chi connectivity index (χ0v) is 13.2. The van der Waals surface area contributed by atoms with Gasteiger partial charge in [-0.2, -0.15) is 0 Å². The van der Waals surface area contributed by atoms with Gasteiger partial charge in [0.15, 0.2) is 11.6 Å². The van der Waals surface area contributed by atoms with Crippen molar-refractivity contribution in [3.63, 3.8) is 0 Å². The van der Waals surface area contributed by atoms with Gasteiger partial charge in [-0.05, 0) is 19.8 Å². The Balaban J connectivity index is 2.19. The van der Waals surface area contributed by atoms with Gasteiger partial charge in [0.05, 0.1) is 23.5 Å². The number of hydrogen-bond donors (Lipinski definition) is 0. The van der Waals surface area contributed by atoms with Crippen LogP contribution in [0.4, 0.5) is 4.39 Å². The van der Waals surface area contributed by atoms with E-state index >= 15 is 0 Å². The second-order valence-electron chi connectivity index (χ2n) is 5.72. The van der Waals surface area contributed by atoms with Gasteiger partial charge in [-0.15, -0.1) is 11.6 Å². The number of fused-ring (bicyclic) bond motifs is 1. The molecule has 0 radical (unpaired) electrons. The van der Waals surface area contributed by atoms with Gasteiger partial charge < -0.3 is 9.30 Å². The highest BCUT2D eigenvalue weighted by molar-refractivity contribution is 6.20. The number of ether oxygens (including phenoxy) is 1. The van der Waals surface area contributed by atoms with E-state index in [2.05, 4.69) is 9.55 Å². The van der Waals surface area contributed by atoms with Crippen LogP contribution in [0.15, 0.2) is 12.1 Å². The van der Waals surface area contributed by atoms with E-state index < -0.39 is 0 Å². The number of halogens is 2. The summed E-state index contributed by atoms with van der Waals surface area (Å²) in [5.74, 6) is 0.700. The van der Waals surface area contributed by atoms with Gasteiger partial charge in [-0.25, -0.2) is 9.37 Å². The highest BCUT2D eigenvalue weighted by Gasteiger charge is 2.24. The Morgan fingerprint density at radius 2 is 2.05 bits per heavy atom. The molecule has 2 aromatic rings. The molecule has 0 aliphatic heterocycles. The molecule has 1 aliphatic carbocycles. The molecule has 5 heteroatoms. The lowest BCUT2D eigenvalue weighted by atomic mass is 9.95. The number of aromatic nitrogens is 2. The van der Waals surface area contributed by atoms with Crippen molar-refractivity contribution < 1.29 is 9.13 Å². The second-order valence-corrected chi connectivity index (χ2v) is 6.38. The Bertz CT molecular complexity index is 647. The zero-order valence-electron chi connectivity index (χ0n) is 12.4. The Morgan fingerprint density at radius 3 is 2.67 bits per heavy atom. The van der Waals surface area contributed by atoms with Gasteiger partial charge in [0.1, 0.15) is 5.82 Å². The van der Waals surface area contributed by atoms with Crippen LogP contribution in [0.25, 0.3) is 11.0 Å². The summed E-state index contributed by atoms with van der Waals surface area (Å²) in [5.41, 5.74) is 1.57. The summed E-state index contributed by atoms with van der Waals surface area (Å²) in [6.07, 6.45) is 5.98. The molecule has 1 heterocycles. The number of rotatable bonds is 3. The third-order valence-electron chi connectivity index (χ3n) is 4.29. The molecule has 0 N–H and O–H groups in total. The summed E-state index contributed by atoms with van der Waals surface area (Å²) in [6.45, 7) is 1.91. The summed E-state index contributed by atoms with van der Waals surface area (Å²) in [4.78, 5) is 4.56. The van der Waals surface area contributed by atoms with Crippen LogP contribution in [-0.2, 0) is 0 Å². The molecule has 114 valence electrons. The molecule has 21 heavy (non-hydrogen) atoms. The van der Waals surface area contributed by atoms with Gasteiger partial charge in [-0.1, -0.05) is 19.3 Å². The van der Waals surface area contributed by atoms with E-state index in [1.165, 1.54) is 32.4 Å². The van der Waals surface area contributed by atoms with E-state index in [-0.39, 0.29) is 16.9 Å². The fourth-order valence-corrected chi connectivity index (χ4v) is 3.43. The molecule has 0 saturated heterocycles. The number of methoxy groups -OCH3 is 1. The maximum atomic E-state index is 13.9. The predicted molar refractivity (Wildman–Crippen MR) is 82.6 cm³/mol. The van der Waals surface area contributed by atoms with Gasteiger partial charge in [-0.3, -0.25) is 0 Å². The first kappa shape index (κ1) is 14.6. The molecule has 1 aromatic heterocycles. The van der Waals surface area contributed by atoms with Crippen LogP contribution < -0.4 is 4.74 Å². The van der Waals surface area contributed by atoms with E-state index in [0.717, 1.165) is 24.2 Å². The number of benzene rings is 1. The molecule has 0 amide bonds. The van der Waals surface area contributed by atoms with Crippen molar-refractivity contribution in [2.45, 2.75) is 50.4 Å². The van der Waals surface area contributed by atoms with Gasteiger partial charge in [0, 0.05) is 18.2 Å². The summed E-state index contributed by atoms with van der Waals surface area (Å²) in [7, 11) is 1.48. The molecule has 0 spiro atoms. The van der Waals surface area contributed by atoms with Crippen LogP contribution in [0.2, 0.25) is 0 Å². The Labute approximate surface area is 129 Å². The maximum Gasteiger partial charge on any atom is 0.167 e. The van der Waals surface area contributed by atoms with Gasteiger partial charge in [0.25, 0.3) is 0 Å². The lowest BCUT2D eigenvalue weighted by Crippen LogP contribution is -2.15. The van der Waals surface area contributed by atoms with Crippen molar-refractivity contribution in [2.75, 3.05) is 7.11 Å². The zero-order chi connectivity index (χ0) is 15.0. The van der Waals surface area contributed by atoms with Crippen molar-refractivity contribution >= 4 is 22.6 Å². The van der Waals surface area contributed by atoms with E-state index in [1.54, 1.807) is 6.07 Å². The summed E-state index contributed by atoms with van der Waals surface area (Å²) < 4.78 is 21.2. The fourth-order valence-electron chi connectivity index (χ4n) is 3.28. The SMILES string of the molecule is COc1cc2c(cc1F)nc(C(C)Cl)n2C1CCCCC1. The lowest BCUT2D eigenvalue weighted by Gasteiger charge is -2.26. The Kier molecular flexibility index (Phi) is 4.07. The predicted octanol–water partition coefficient (Wildman–Crippen LogP) is 4.99. The van der Waals surface area contributed by atoms with Crippen LogP contribution in [-0.4, -0.2) is 16.7 Å². The number of hydrogen-bond acceptors (Lipinski definition) is 2. The standard InChI is InChI=1S/C16H20ClFN2O/c1-10(17)16-19-13-8-12(18)15(21-2)9-14(13)20(16)11-6-4-3-5-7-11/h8-11H,3-7H2,1-2H3.